The summed E-state index contributed by atoms with van der Waals surface area (Å²) in [6, 6.07) is -0.268. The van der Waals surface area contributed by atoms with Crippen molar-refractivity contribution in [2.24, 2.45) is 5.92 Å². The van der Waals surface area contributed by atoms with Gasteiger partial charge in [0.1, 0.15) is 15.9 Å². The van der Waals surface area contributed by atoms with Gasteiger partial charge in [0, 0.05) is 6.04 Å². The van der Waals surface area contributed by atoms with Gasteiger partial charge in [0.2, 0.25) is 0 Å². The normalized spacial score (nSPS) is 22.4. The van der Waals surface area contributed by atoms with Gasteiger partial charge in [-0.3, -0.25) is 4.79 Å². The summed E-state index contributed by atoms with van der Waals surface area (Å²) in [6.07, 6.45) is 1.14. The third-order valence-electron chi connectivity index (χ3n) is 3.09. The Labute approximate surface area is 103 Å². The van der Waals surface area contributed by atoms with Gasteiger partial charge in [-0.25, -0.2) is 8.42 Å². The van der Waals surface area contributed by atoms with Crippen LogP contribution >= 0.6 is 0 Å². The number of sulfone groups is 1. The molecule has 0 bridgehead atoms. The molecule has 0 radical (unpaired) electrons. The van der Waals surface area contributed by atoms with Crippen LogP contribution in [0.1, 0.15) is 26.7 Å². The van der Waals surface area contributed by atoms with E-state index in [4.69, 9.17) is 4.74 Å². The van der Waals surface area contributed by atoms with Crippen LogP contribution in [-0.2, 0) is 19.4 Å². The zero-order valence-electron chi connectivity index (χ0n) is 10.6. The molecule has 0 amide bonds. The Morgan fingerprint density at radius 3 is 2.24 bits per heavy atom. The number of esters is 1. The van der Waals surface area contributed by atoms with E-state index in [2.05, 4.69) is 5.32 Å². The summed E-state index contributed by atoms with van der Waals surface area (Å²) in [5.74, 6) is 0.252. The molecule has 100 valence electrons. The molecule has 0 spiro atoms. The fourth-order valence-electron chi connectivity index (χ4n) is 1.97. The van der Waals surface area contributed by atoms with Crippen LogP contribution in [0.2, 0.25) is 0 Å². The van der Waals surface area contributed by atoms with E-state index in [-0.39, 0.29) is 35.5 Å². The number of hydrogen-bond acceptors (Lipinski definition) is 5. The Morgan fingerprint density at radius 1 is 1.29 bits per heavy atom. The van der Waals surface area contributed by atoms with E-state index in [1.54, 1.807) is 0 Å². The van der Waals surface area contributed by atoms with Gasteiger partial charge >= 0.3 is 5.97 Å². The van der Waals surface area contributed by atoms with Crippen LogP contribution < -0.4 is 5.32 Å². The van der Waals surface area contributed by atoms with Crippen molar-refractivity contribution in [2.75, 3.05) is 18.6 Å². The van der Waals surface area contributed by atoms with Crippen molar-refractivity contribution in [3.8, 4) is 0 Å². The standard InChI is InChI=1S/C11H21NO4S/c1-8(2)10(11(13)16-3)12-9-4-6-17(14,15)7-5-9/h8-10,12H,4-7H2,1-3H3/t10-/m1/s1. The van der Waals surface area contributed by atoms with Gasteiger partial charge in [-0.05, 0) is 18.8 Å². The molecule has 1 rings (SSSR count). The maximum atomic E-state index is 11.6. The highest BCUT2D eigenvalue weighted by molar-refractivity contribution is 7.91. The Morgan fingerprint density at radius 2 is 1.82 bits per heavy atom. The fraction of sp³-hybridized carbons (Fsp3) is 0.909. The first-order valence-corrected chi connectivity index (χ1v) is 7.72. The van der Waals surface area contributed by atoms with Gasteiger partial charge < -0.3 is 10.1 Å². The van der Waals surface area contributed by atoms with Crippen molar-refractivity contribution < 1.29 is 17.9 Å². The van der Waals surface area contributed by atoms with Gasteiger partial charge in [0.25, 0.3) is 0 Å². The number of methoxy groups -OCH3 is 1. The van der Waals surface area contributed by atoms with Crippen molar-refractivity contribution >= 4 is 15.8 Å². The Kier molecular flexibility index (Phi) is 4.94. The number of rotatable bonds is 4. The van der Waals surface area contributed by atoms with Crippen molar-refractivity contribution in [3.05, 3.63) is 0 Å². The molecule has 6 heteroatoms. The first kappa shape index (κ1) is 14.4. The fourth-order valence-corrected chi connectivity index (χ4v) is 3.46. The molecular weight excluding hydrogens is 242 g/mol. The summed E-state index contributed by atoms with van der Waals surface area (Å²) in [4.78, 5) is 11.6. The highest BCUT2D eigenvalue weighted by Gasteiger charge is 2.29. The third-order valence-corrected chi connectivity index (χ3v) is 4.81. The zero-order chi connectivity index (χ0) is 13.1. The molecule has 1 N–H and O–H groups in total. The first-order chi connectivity index (χ1) is 7.85. The number of carbonyl (C=O) groups is 1. The largest absolute Gasteiger partial charge is 0.468 e. The van der Waals surface area contributed by atoms with Crippen LogP contribution in [0, 0.1) is 5.92 Å². The lowest BCUT2D eigenvalue weighted by atomic mass is 10.0. The van der Waals surface area contributed by atoms with Crippen LogP contribution in [-0.4, -0.2) is 45.1 Å². The molecule has 17 heavy (non-hydrogen) atoms. The molecule has 0 aromatic rings. The van der Waals surface area contributed by atoms with Gasteiger partial charge in [-0.15, -0.1) is 0 Å². The van der Waals surface area contributed by atoms with E-state index in [0.717, 1.165) is 0 Å². The highest BCUT2D eigenvalue weighted by Crippen LogP contribution is 2.15. The molecular formula is C11H21NO4S. The first-order valence-electron chi connectivity index (χ1n) is 5.90. The Balaban J connectivity index is 2.55. The van der Waals surface area contributed by atoms with E-state index < -0.39 is 9.84 Å². The summed E-state index contributed by atoms with van der Waals surface area (Å²) >= 11 is 0. The van der Waals surface area contributed by atoms with E-state index in [9.17, 15) is 13.2 Å². The van der Waals surface area contributed by atoms with Crippen LogP contribution in [0.5, 0.6) is 0 Å². The Hall–Kier alpha value is -0.620. The lowest BCUT2D eigenvalue weighted by Gasteiger charge is -2.29. The maximum absolute atomic E-state index is 11.6. The third kappa shape index (κ3) is 4.27. The van der Waals surface area contributed by atoms with Crippen LogP contribution in [0.25, 0.3) is 0 Å². The molecule has 1 saturated heterocycles. The van der Waals surface area contributed by atoms with Crippen LogP contribution in [0.4, 0.5) is 0 Å². The molecule has 1 aliphatic rings. The summed E-state index contributed by atoms with van der Waals surface area (Å²) in [6.45, 7) is 3.88. The lowest BCUT2D eigenvalue weighted by Crippen LogP contribution is -2.49. The van der Waals surface area contributed by atoms with Gasteiger partial charge in [0.15, 0.2) is 0 Å². The van der Waals surface area contributed by atoms with Crippen LogP contribution in [0.15, 0.2) is 0 Å². The monoisotopic (exact) mass is 263 g/mol. The van der Waals surface area contributed by atoms with Gasteiger partial charge in [-0.2, -0.15) is 0 Å². The average Bonchev–Trinajstić information content (AvgIpc) is 2.26. The molecule has 5 nitrogen and oxygen atoms in total. The summed E-state index contributed by atoms with van der Waals surface area (Å²) in [7, 11) is -1.49. The van der Waals surface area contributed by atoms with Crippen molar-refractivity contribution in [1.82, 2.24) is 5.32 Å². The number of ether oxygens (including phenoxy) is 1. The molecule has 1 fully saturated rings. The predicted octanol–water partition coefficient (Wildman–Crippen LogP) is 0.351. The summed E-state index contributed by atoms with van der Waals surface area (Å²) < 4.78 is 27.3. The molecule has 0 aromatic carbocycles. The SMILES string of the molecule is COC(=O)[C@H](NC1CCS(=O)(=O)CC1)C(C)C. The highest BCUT2D eigenvalue weighted by atomic mass is 32.2. The Bertz CT molecular complexity index is 350. The second-order valence-electron chi connectivity index (χ2n) is 4.84. The minimum atomic E-state index is -2.85. The van der Waals surface area contributed by atoms with Crippen molar-refractivity contribution in [3.63, 3.8) is 0 Å². The minimum absolute atomic E-state index is 0.0880. The van der Waals surface area contributed by atoms with Crippen molar-refractivity contribution in [2.45, 2.75) is 38.8 Å². The summed E-state index contributed by atoms with van der Waals surface area (Å²) in [5.41, 5.74) is 0. The minimum Gasteiger partial charge on any atom is -0.468 e. The van der Waals surface area contributed by atoms with Gasteiger partial charge in [-0.1, -0.05) is 13.8 Å². The molecule has 0 saturated carbocycles. The lowest BCUT2D eigenvalue weighted by molar-refractivity contribution is -0.144. The quantitative estimate of drug-likeness (QED) is 0.741. The molecule has 1 atom stereocenters. The topological polar surface area (TPSA) is 72.5 Å². The van der Waals surface area contributed by atoms with E-state index >= 15 is 0 Å². The summed E-state index contributed by atoms with van der Waals surface area (Å²) in [5, 5.41) is 3.20. The molecule has 1 heterocycles. The number of nitrogens with one attached hydrogen (secondary N) is 1. The number of hydrogen-bond donors (Lipinski definition) is 1. The average molecular weight is 263 g/mol. The second-order valence-corrected chi connectivity index (χ2v) is 7.14. The molecule has 0 unspecified atom stereocenters. The van der Waals surface area contributed by atoms with Gasteiger partial charge in [0.05, 0.1) is 18.6 Å². The molecule has 0 aliphatic carbocycles. The predicted molar refractivity (Wildman–Crippen MR) is 65.5 cm³/mol. The van der Waals surface area contributed by atoms with E-state index in [0.29, 0.717) is 12.8 Å². The number of carbonyl (C=O) groups excluding carboxylic acids is 1. The maximum Gasteiger partial charge on any atom is 0.323 e. The molecule has 0 aromatic heterocycles. The van der Waals surface area contributed by atoms with Crippen molar-refractivity contribution in [1.29, 1.82) is 0 Å². The van der Waals surface area contributed by atoms with E-state index in [1.165, 1.54) is 7.11 Å². The second kappa shape index (κ2) is 5.82. The zero-order valence-corrected chi connectivity index (χ0v) is 11.4. The van der Waals surface area contributed by atoms with Crippen LogP contribution in [0.3, 0.4) is 0 Å². The van der Waals surface area contributed by atoms with E-state index in [1.807, 2.05) is 13.8 Å². The molecule has 1 aliphatic heterocycles. The smallest absolute Gasteiger partial charge is 0.323 e.